The van der Waals surface area contributed by atoms with Crippen LogP contribution in [-0.4, -0.2) is 46.1 Å². The lowest BCUT2D eigenvalue weighted by Crippen LogP contribution is -2.51. The Morgan fingerprint density at radius 2 is 1.64 bits per heavy atom. The zero-order chi connectivity index (χ0) is 25.5. The molecule has 36 heavy (non-hydrogen) atoms. The molecule has 0 amide bonds. The van der Waals surface area contributed by atoms with E-state index in [-0.39, 0.29) is 13.0 Å². The Labute approximate surface area is 215 Å². The highest BCUT2D eigenvalue weighted by molar-refractivity contribution is 6.30. The number of hydrogen-bond acceptors (Lipinski definition) is 5. The van der Waals surface area contributed by atoms with Crippen LogP contribution >= 0.6 is 11.6 Å². The third kappa shape index (κ3) is 6.33. The second-order valence-corrected chi connectivity index (χ2v) is 9.61. The number of carbonyl (C=O) groups is 1. The molecule has 6 nitrogen and oxygen atoms in total. The molecule has 0 saturated carbocycles. The number of aliphatic hydroxyl groups excluding tert-OH is 2. The van der Waals surface area contributed by atoms with Crippen molar-refractivity contribution in [1.29, 1.82) is 0 Å². The molecule has 4 aromatic rings. The van der Waals surface area contributed by atoms with Crippen LogP contribution < -0.4 is 5.73 Å². The lowest BCUT2D eigenvalue weighted by molar-refractivity contribution is -0.146. The number of aromatic nitrogens is 1. The van der Waals surface area contributed by atoms with E-state index < -0.39 is 24.7 Å². The van der Waals surface area contributed by atoms with Crippen LogP contribution in [-0.2, 0) is 28.8 Å². The minimum atomic E-state index is -1.33. The molecule has 4 rings (SSSR count). The van der Waals surface area contributed by atoms with Crippen LogP contribution in [0.2, 0.25) is 5.02 Å². The zero-order valence-electron chi connectivity index (χ0n) is 20.1. The Bertz CT molecular complexity index is 1300. The normalized spacial score (nSPS) is 11.7. The molecule has 3 aromatic carbocycles. The maximum Gasteiger partial charge on any atom is 0.306 e. The highest BCUT2D eigenvalue weighted by Gasteiger charge is 2.25. The fraction of sp³-hybridized carbons (Fsp3) is 0.276. The van der Waals surface area contributed by atoms with E-state index in [4.69, 9.17) is 22.1 Å². The van der Waals surface area contributed by atoms with E-state index in [1.165, 1.54) is 11.1 Å². The van der Waals surface area contributed by atoms with Gasteiger partial charge >= 0.3 is 5.97 Å². The topological polar surface area (TPSA) is 97.7 Å². The number of halogens is 1. The largest absolute Gasteiger partial charge is 0.464 e. The van der Waals surface area contributed by atoms with Crippen LogP contribution in [0.1, 0.15) is 23.1 Å². The van der Waals surface area contributed by atoms with E-state index in [0.29, 0.717) is 11.4 Å². The standard InChI is InChI=1S/C29H31ClN2O4/c30-24-10-12-25(13-11-24)32-17-23(9-6-21-4-2-1-3-5-21)26-16-22(7-14-27(26)32)8-15-28(35)36-20-29(31,18-33)19-34/h1-5,7,10-14,16-17,33-34H,6,8-9,15,18-20,31H2. The number of aryl methyl sites for hydroxylation is 3. The second-order valence-electron chi connectivity index (χ2n) is 9.18. The van der Waals surface area contributed by atoms with Gasteiger partial charge in [0.15, 0.2) is 0 Å². The van der Waals surface area contributed by atoms with E-state index in [0.717, 1.165) is 35.0 Å². The van der Waals surface area contributed by atoms with Crippen LogP contribution in [0.15, 0.2) is 79.0 Å². The zero-order valence-corrected chi connectivity index (χ0v) is 20.8. The summed E-state index contributed by atoms with van der Waals surface area (Å²) in [7, 11) is 0. The number of nitrogens with zero attached hydrogens (tertiary/aromatic N) is 1. The molecule has 1 heterocycles. The van der Waals surface area contributed by atoms with E-state index >= 15 is 0 Å². The average molecular weight is 507 g/mol. The molecular formula is C29H31ClN2O4. The first-order valence-electron chi connectivity index (χ1n) is 12.0. The highest BCUT2D eigenvalue weighted by atomic mass is 35.5. The third-order valence-corrected chi connectivity index (χ3v) is 6.60. The fourth-order valence-corrected chi connectivity index (χ4v) is 4.25. The van der Waals surface area contributed by atoms with Crippen molar-refractivity contribution in [2.75, 3.05) is 19.8 Å². The van der Waals surface area contributed by atoms with Gasteiger partial charge in [0.1, 0.15) is 6.61 Å². The van der Waals surface area contributed by atoms with Gasteiger partial charge in [-0.05, 0) is 72.4 Å². The van der Waals surface area contributed by atoms with E-state index in [2.05, 4.69) is 47.2 Å². The van der Waals surface area contributed by atoms with Crippen molar-refractivity contribution < 1.29 is 19.7 Å². The Morgan fingerprint density at radius 3 is 2.33 bits per heavy atom. The first-order chi connectivity index (χ1) is 17.4. The fourth-order valence-electron chi connectivity index (χ4n) is 4.12. The van der Waals surface area contributed by atoms with Gasteiger partial charge in [-0.1, -0.05) is 48.0 Å². The number of esters is 1. The molecule has 4 N–H and O–H groups in total. The van der Waals surface area contributed by atoms with Crippen molar-refractivity contribution in [3.8, 4) is 5.69 Å². The van der Waals surface area contributed by atoms with E-state index in [1.807, 2.05) is 36.4 Å². The number of ether oxygens (including phenoxy) is 1. The lowest BCUT2D eigenvalue weighted by atomic mass is 10.0. The molecule has 7 heteroatoms. The van der Waals surface area contributed by atoms with Gasteiger partial charge in [0, 0.05) is 28.7 Å². The van der Waals surface area contributed by atoms with Crippen molar-refractivity contribution in [1.82, 2.24) is 4.57 Å². The lowest BCUT2D eigenvalue weighted by Gasteiger charge is -2.23. The van der Waals surface area contributed by atoms with Crippen LogP contribution in [0.4, 0.5) is 0 Å². The number of aliphatic hydroxyl groups is 2. The summed E-state index contributed by atoms with van der Waals surface area (Å²) in [5, 5.41) is 20.4. The molecule has 1 aromatic heterocycles. The van der Waals surface area contributed by atoms with Crippen molar-refractivity contribution >= 4 is 28.5 Å². The first kappa shape index (κ1) is 25.9. The van der Waals surface area contributed by atoms with Crippen molar-refractivity contribution in [2.45, 2.75) is 31.2 Å². The Hall–Kier alpha value is -3.16. The minimum absolute atomic E-state index is 0.176. The van der Waals surface area contributed by atoms with Crippen molar-refractivity contribution in [3.05, 3.63) is 101 Å². The molecule has 0 saturated heterocycles. The number of benzene rings is 3. The van der Waals surface area contributed by atoms with Crippen LogP contribution in [0.25, 0.3) is 16.6 Å². The molecule has 0 fully saturated rings. The quantitative estimate of drug-likeness (QED) is 0.264. The molecule has 0 radical (unpaired) electrons. The predicted octanol–water partition coefficient (Wildman–Crippen LogP) is 4.23. The van der Waals surface area contributed by atoms with Crippen LogP contribution in [0.3, 0.4) is 0 Å². The van der Waals surface area contributed by atoms with Gasteiger partial charge in [0.25, 0.3) is 0 Å². The Kier molecular flexibility index (Phi) is 8.44. The van der Waals surface area contributed by atoms with Crippen molar-refractivity contribution in [3.63, 3.8) is 0 Å². The molecule has 0 bridgehead atoms. The summed E-state index contributed by atoms with van der Waals surface area (Å²) < 4.78 is 7.36. The van der Waals surface area contributed by atoms with Gasteiger partial charge < -0.3 is 25.3 Å². The summed E-state index contributed by atoms with van der Waals surface area (Å²) >= 11 is 6.11. The number of nitrogens with two attached hydrogens (primary N) is 1. The Morgan fingerprint density at radius 1 is 0.917 bits per heavy atom. The van der Waals surface area contributed by atoms with Gasteiger partial charge in [-0.3, -0.25) is 4.79 Å². The molecule has 0 spiro atoms. The molecule has 0 aliphatic rings. The van der Waals surface area contributed by atoms with Gasteiger partial charge in [-0.25, -0.2) is 0 Å². The highest BCUT2D eigenvalue weighted by Crippen LogP contribution is 2.28. The maximum atomic E-state index is 12.2. The average Bonchev–Trinajstić information content (AvgIpc) is 3.28. The van der Waals surface area contributed by atoms with Crippen LogP contribution in [0.5, 0.6) is 0 Å². The van der Waals surface area contributed by atoms with Gasteiger partial charge in [0.05, 0.1) is 24.3 Å². The molecule has 0 unspecified atom stereocenters. The van der Waals surface area contributed by atoms with Gasteiger partial charge in [0.2, 0.25) is 0 Å². The summed E-state index contributed by atoms with van der Waals surface area (Å²) in [4.78, 5) is 12.2. The first-order valence-corrected chi connectivity index (χ1v) is 12.4. The number of rotatable bonds is 11. The summed E-state index contributed by atoms with van der Waals surface area (Å²) in [5.41, 5.74) is 10.1. The second kappa shape index (κ2) is 11.7. The smallest absolute Gasteiger partial charge is 0.306 e. The minimum Gasteiger partial charge on any atom is -0.464 e. The van der Waals surface area contributed by atoms with Crippen LogP contribution in [0, 0.1) is 0 Å². The monoisotopic (exact) mass is 506 g/mol. The maximum absolute atomic E-state index is 12.2. The predicted molar refractivity (Wildman–Crippen MR) is 143 cm³/mol. The van der Waals surface area contributed by atoms with E-state index in [9.17, 15) is 15.0 Å². The third-order valence-electron chi connectivity index (χ3n) is 6.35. The molecular weight excluding hydrogens is 476 g/mol. The summed E-state index contributed by atoms with van der Waals surface area (Å²) in [6.45, 7) is -1.17. The number of carbonyl (C=O) groups excluding carboxylic acids is 1. The number of hydrogen-bond donors (Lipinski definition) is 3. The summed E-state index contributed by atoms with van der Waals surface area (Å²) in [5.74, 6) is -0.421. The molecule has 188 valence electrons. The summed E-state index contributed by atoms with van der Waals surface area (Å²) in [6.07, 6.45) is 4.67. The summed E-state index contributed by atoms with van der Waals surface area (Å²) in [6, 6.07) is 24.4. The SMILES string of the molecule is NC(CO)(CO)COC(=O)CCc1ccc2c(c1)c(CCc1ccccc1)cn2-c1ccc(Cl)cc1. The Balaban J connectivity index is 1.55. The van der Waals surface area contributed by atoms with Gasteiger partial charge in [-0.2, -0.15) is 0 Å². The van der Waals surface area contributed by atoms with Gasteiger partial charge in [-0.15, -0.1) is 0 Å². The van der Waals surface area contributed by atoms with E-state index in [1.54, 1.807) is 0 Å². The molecule has 0 aliphatic carbocycles. The number of fused-ring (bicyclic) bond motifs is 1. The molecule has 0 atom stereocenters. The molecule has 0 aliphatic heterocycles. The van der Waals surface area contributed by atoms with Crippen molar-refractivity contribution in [2.24, 2.45) is 5.73 Å².